The summed E-state index contributed by atoms with van der Waals surface area (Å²) in [4.78, 5) is 17.4. The van der Waals surface area contributed by atoms with E-state index in [0.717, 1.165) is 18.7 Å². The number of fused-ring (bicyclic) bond motifs is 1. The quantitative estimate of drug-likeness (QED) is 0.370. The number of imidazole rings is 1. The van der Waals surface area contributed by atoms with Gasteiger partial charge in [0.25, 0.3) is 0 Å². The van der Waals surface area contributed by atoms with Gasteiger partial charge in [0.05, 0.1) is 18.4 Å². The van der Waals surface area contributed by atoms with Crippen LogP contribution in [0, 0.1) is 0 Å². The van der Waals surface area contributed by atoms with Crippen molar-refractivity contribution in [3.05, 3.63) is 53.5 Å². The summed E-state index contributed by atoms with van der Waals surface area (Å²) >= 11 is 6.73. The lowest BCUT2D eigenvalue weighted by atomic mass is 9.88. The molecule has 4 heterocycles. The first-order chi connectivity index (χ1) is 16.8. The first-order valence-corrected chi connectivity index (χ1v) is 11.9. The lowest BCUT2D eigenvalue weighted by molar-refractivity contribution is 0.272. The van der Waals surface area contributed by atoms with Gasteiger partial charge in [-0.3, -0.25) is 9.67 Å². The number of aryl methyl sites for hydroxylation is 1. The topological polar surface area (TPSA) is 122 Å². The van der Waals surface area contributed by atoms with Crippen LogP contribution in [-0.4, -0.2) is 34.3 Å². The Kier molecular flexibility index (Phi) is 5.84. The Morgan fingerprint density at radius 2 is 2.03 bits per heavy atom. The average Bonchev–Trinajstić information content (AvgIpc) is 3.34. The second-order valence-electron chi connectivity index (χ2n) is 9.65. The molecule has 35 heavy (non-hydrogen) atoms. The Balaban J connectivity index is 1.47. The summed E-state index contributed by atoms with van der Waals surface area (Å²) in [7, 11) is 1.87. The minimum atomic E-state index is -0.0245. The van der Waals surface area contributed by atoms with Crippen LogP contribution in [0.2, 0.25) is 5.02 Å². The maximum Gasteiger partial charge on any atom is 0.210 e. The van der Waals surface area contributed by atoms with E-state index >= 15 is 0 Å². The molecular formula is C24H28ClN9O. The van der Waals surface area contributed by atoms with Gasteiger partial charge in [0.2, 0.25) is 5.95 Å². The summed E-state index contributed by atoms with van der Waals surface area (Å²) in [5, 5.41) is 8.58. The van der Waals surface area contributed by atoms with Gasteiger partial charge in [0.1, 0.15) is 16.2 Å². The van der Waals surface area contributed by atoms with Crippen LogP contribution in [0.15, 0.2) is 37.1 Å². The van der Waals surface area contributed by atoms with Gasteiger partial charge in [0, 0.05) is 42.8 Å². The van der Waals surface area contributed by atoms with Crippen LogP contribution in [0.3, 0.4) is 0 Å². The molecule has 1 aliphatic rings. The highest BCUT2D eigenvalue weighted by molar-refractivity contribution is 6.36. The summed E-state index contributed by atoms with van der Waals surface area (Å²) in [6.45, 7) is 6.61. The first-order valence-electron chi connectivity index (χ1n) is 11.5. The normalized spacial score (nSPS) is 14.8. The molecule has 11 heteroatoms. The van der Waals surface area contributed by atoms with E-state index in [-0.39, 0.29) is 5.41 Å². The van der Waals surface area contributed by atoms with Crippen molar-refractivity contribution in [2.75, 3.05) is 5.32 Å². The fraction of sp³-hybridized carbons (Fsp3) is 0.375. The smallest absolute Gasteiger partial charge is 0.210 e. The molecule has 1 aliphatic carbocycles. The van der Waals surface area contributed by atoms with E-state index in [9.17, 15) is 0 Å². The number of anilines is 2. The summed E-state index contributed by atoms with van der Waals surface area (Å²) in [5.41, 5.74) is 8.52. The lowest BCUT2D eigenvalue weighted by Gasteiger charge is -2.31. The van der Waals surface area contributed by atoms with Crippen LogP contribution >= 0.6 is 11.6 Å². The highest BCUT2D eigenvalue weighted by Crippen LogP contribution is 2.38. The Hall–Kier alpha value is -3.66. The zero-order valence-electron chi connectivity index (χ0n) is 20.2. The lowest BCUT2D eigenvalue weighted by Crippen LogP contribution is -2.25. The molecule has 0 unspecified atom stereocenters. The minimum absolute atomic E-state index is 0.0245. The van der Waals surface area contributed by atoms with Crippen LogP contribution < -0.4 is 15.8 Å². The number of ether oxygens (including phenoxy) is 1. The van der Waals surface area contributed by atoms with Gasteiger partial charge < -0.3 is 20.4 Å². The molecule has 4 aromatic heterocycles. The summed E-state index contributed by atoms with van der Waals surface area (Å²) in [6.07, 6.45) is 11.1. The Labute approximate surface area is 208 Å². The second-order valence-corrected chi connectivity index (χ2v) is 10.0. The molecule has 0 spiro atoms. The van der Waals surface area contributed by atoms with Gasteiger partial charge in [-0.25, -0.2) is 9.97 Å². The summed E-state index contributed by atoms with van der Waals surface area (Å²) in [6, 6.07) is 2.55. The van der Waals surface area contributed by atoms with E-state index < -0.39 is 0 Å². The maximum atomic E-state index is 6.73. The van der Waals surface area contributed by atoms with E-state index in [1.807, 2.05) is 11.6 Å². The SMILES string of the molecule is Cn1c(Nc2cc(C(C)(C)C)n(C3CCC3)n2)nc2ncc(OC(=CN)c3cnccn3)c(Cl)c21. The van der Waals surface area contributed by atoms with Gasteiger partial charge in [-0.1, -0.05) is 32.4 Å². The molecule has 0 amide bonds. The zero-order valence-corrected chi connectivity index (χ0v) is 20.9. The zero-order chi connectivity index (χ0) is 24.7. The largest absolute Gasteiger partial charge is 0.450 e. The average molecular weight is 494 g/mol. The van der Waals surface area contributed by atoms with E-state index in [4.69, 9.17) is 27.2 Å². The summed E-state index contributed by atoms with van der Waals surface area (Å²) in [5.74, 6) is 1.97. The Morgan fingerprint density at radius 1 is 1.23 bits per heavy atom. The number of hydrogen-bond acceptors (Lipinski definition) is 8. The molecule has 0 atom stereocenters. The molecule has 0 saturated heterocycles. The summed E-state index contributed by atoms with van der Waals surface area (Å²) < 4.78 is 9.94. The molecule has 0 radical (unpaired) electrons. The van der Waals surface area contributed by atoms with Crippen LogP contribution in [-0.2, 0) is 12.5 Å². The first kappa shape index (κ1) is 23.1. The van der Waals surface area contributed by atoms with Crippen LogP contribution in [0.1, 0.15) is 57.5 Å². The molecule has 1 fully saturated rings. The molecule has 1 saturated carbocycles. The van der Waals surface area contributed by atoms with Crippen molar-refractivity contribution in [3.8, 4) is 5.75 Å². The second kappa shape index (κ2) is 8.84. The molecule has 5 rings (SSSR count). The number of aromatic nitrogens is 7. The number of rotatable bonds is 6. The van der Waals surface area contributed by atoms with Crippen molar-refractivity contribution in [2.45, 2.75) is 51.5 Å². The third-order valence-electron chi connectivity index (χ3n) is 6.16. The van der Waals surface area contributed by atoms with Crippen molar-refractivity contribution in [1.29, 1.82) is 0 Å². The van der Waals surface area contributed by atoms with Gasteiger partial charge in [-0.2, -0.15) is 10.1 Å². The van der Waals surface area contributed by atoms with E-state index in [1.54, 1.807) is 18.6 Å². The minimum Gasteiger partial charge on any atom is -0.450 e. The molecule has 10 nitrogen and oxygen atoms in total. The number of nitrogens with one attached hydrogen (secondary N) is 1. The highest BCUT2D eigenvalue weighted by atomic mass is 35.5. The molecular weight excluding hydrogens is 466 g/mol. The van der Waals surface area contributed by atoms with Crippen LogP contribution in [0.5, 0.6) is 5.75 Å². The number of nitrogens with zero attached hydrogens (tertiary/aromatic N) is 7. The predicted molar refractivity (Wildman–Crippen MR) is 135 cm³/mol. The Morgan fingerprint density at radius 3 is 2.66 bits per heavy atom. The standard InChI is InChI=1S/C24H28ClN9O/c1-24(2,3)18-10-19(32-34(18)14-6-5-7-14)30-23-31-22-21(33(23)4)20(25)17(13-29-22)35-16(11-26)15-12-27-8-9-28-15/h8-14H,5-7,26H2,1-4H3,(H,29,30,31,32). The van der Waals surface area contributed by atoms with Crippen LogP contribution in [0.25, 0.3) is 16.9 Å². The highest BCUT2D eigenvalue weighted by Gasteiger charge is 2.29. The number of halogens is 1. The van der Waals surface area contributed by atoms with Crippen molar-refractivity contribution >= 4 is 40.3 Å². The predicted octanol–water partition coefficient (Wildman–Crippen LogP) is 4.71. The number of pyridine rings is 1. The molecule has 182 valence electrons. The van der Waals surface area contributed by atoms with Gasteiger partial charge in [-0.05, 0) is 19.3 Å². The molecule has 4 aromatic rings. The fourth-order valence-electron chi connectivity index (χ4n) is 4.05. The van der Waals surface area contributed by atoms with Crippen molar-refractivity contribution in [2.24, 2.45) is 12.8 Å². The van der Waals surface area contributed by atoms with Crippen molar-refractivity contribution < 1.29 is 4.74 Å². The van der Waals surface area contributed by atoms with E-state index in [0.29, 0.717) is 45.4 Å². The maximum absolute atomic E-state index is 6.73. The van der Waals surface area contributed by atoms with Crippen LogP contribution in [0.4, 0.5) is 11.8 Å². The third kappa shape index (κ3) is 4.29. The van der Waals surface area contributed by atoms with Crippen molar-refractivity contribution in [1.82, 2.24) is 34.3 Å². The van der Waals surface area contributed by atoms with E-state index in [2.05, 4.69) is 56.8 Å². The molecule has 3 N–H and O–H groups in total. The van der Waals surface area contributed by atoms with Gasteiger partial charge in [-0.15, -0.1) is 0 Å². The number of nitrogens with two attached hydrogens (primary N) is 1. The monoisotopic (exact) mass is 493 g/mol. The van der Waals surface area contributed by atoms with Gasteiger partial charge >= 0.3 is 0 Å². The third-order valence-corrected chi connectivity index (χ3v) is 6.52. The van der Waals surface area contributed by atoms with Gasteiger partial charge in [0.15, 0.2) is 23.0 Å². The molecule has 0 aliphatic heterocycles. The molecule has 0 aromatic carbocycles. The van der Waals surface area contributed by atoms with E-state index in [1.165, 1.54) is 24.5 Å². The fourth-order valence-corrected chi connectivity index (χ4v) is 4.35. The van der Waals surface area contributed by atoms with Crippen molar-refractivity contribution in [3.63, 3.8) is 0 Å². The number of hydrogen-bond donors (Lipinski definition) is 2. The Bertz CT molecular complexity index is 1400. The molecule has 0 bridgehead atoms.